The van der Waals surface area contributed by atoms with Crippen molar-refractivity contribution in [2.24, 2.45) is 0 Å². The van der Waals surface area contributed by atoms with Gasteiger partial charge in [0.2, 0.25) is 0 Å². The van der Waals surface area contributed by atoms with Crippen LogP contribution in [0.15, 0.2) is 18.2 Å². The molecule has 6 nitrogen and oxygen atoms in total. The molecule has 0 unspecified atom stereocenters. The van der Waals surface area contributed by atoms with E-state index in [0.717, 1.165) is 25.7 Å². The molecule has 1 N–H and O–H groups in total. The van der Waals surface area contributed by atoms with Crippen molar-refractivity contribution in [1.29, 1.82) is 0 Å². The van der Waals surface area contributed by atoms with Crippen LogP contribution in [-0.4, -0.2) is 38.7 Å². The number of benzene rings is 1. The highest BCUT2D eigenvalue weighted by Crippen LogP contribution is 2.23. The number of amides is 1. The van der Waals surface area contributed by atoms with E-state index in [9.17, 15) is 9.59 Å². The van der Waals surface area contributed by atoms with Gasteiger partial charge < -0.3 is 19.5 Å². The van der Waals surface area contributed by atoms with Crippen LogP contribution in [0.1, 0.15) is 36.0 Å². The summed E-state index contributed by atoms with van der Waals surface area (Å²) >= 11 is 0. The average Bonchev–Trinajstić information content (AvgIpc) is 3.04. The molecule has 0 atom stereocenters. The van der Waals surface area contributed by atoms with Crippen LogP contribution in [0.25, 0.3) is 0 Å². The van der Waals surface area contributed by atoms with Gasteiger partial charge >= 0.3 is 5.97 Å². The molecule has 1 aromatic rings. The maximum absolute atomic E-state index is 12.0. The lowest BCUT2D eigenvalue weighted by molar-refractivity contribution is -0.124. The van der Waals surface area contributed by atoms with Crippen molar-refractivity contribution < 1.29 is 23.8 Å². The summed E-state index contributed by atoms with van der Waals surface area (Å²) in [6, 6.07) is 4.95. The van der Waals surface area contributed by atoms with E-state index >= 15 is 0 Å². The Hall–Kier alpha value is -2.24. The summed E-state index contributed by atoms with van der Waals surface area (Å²) in [5, 5.41) is 2.87. The topological polar surface area (TPSA) is 73.9 Å². The zero-order valence-electron chi connectivity index (χ0n) is 12.9. The van der Waals surface area contributed by atoms with Gasteiger partial charge in [-0.3, -0.25) is 4.79 Å². The fourth-order valence-electron chi connectivity index (χ4n) is 2.48. The van der Waals surface area contributed by atoms with Gasteiger partial charge in [0.1, 0.15) is 11.5 Å². The molecule has 0 radical (unpaired) electrons. The maximum atomic E-state index is 12.0. The highest BCUT2D eigenvalue weighted by atomic mass is 16.5. The van der Waals surface area contributed by atoms with Crippen LogP contribution in [0.5, 0.6) is 11.5 Å². The van der Waals surface area contributed by atoms with E-state index in [0.29, 0.717) is 11.5 Å². The molecule has 1 fully saturated rings. The Bertz CT molecular complexity index is 515. The minimum Gasteiger partial charge on any atom is -0.497 e. The number of rotatable bonds is 6. The fourth-order valence-corrected chi connectivity index (χ4v) is 2.48. The normalized spacial score (nSPS) is 14.5. The van der Waals surface area contributed by atoms with Crippen LogP contribution in [-0.2, 0) is 9.53 Å². The average molecular weight is 307 g/mol. The predicted octanol–water partition coefficient (Wildman–Crippen LogP) is 1.92. The molecule has 2 rings (SSSR count). The van der Waals surface area contributed by atoms with Crippen molar-refractivity contribution >= 4 is 11.9 Å². The first kappa shape index (κ1) is 16.1. The number of methoxy groups -OCH3 is 2. The molecule has 22 heavy (non-hydrogen) atoms. The molecule has 0 saturated heterocycles. The molecule has 0 bridgehead atoms. The summed E-state index contributed by atoms with van der Waals surface area (Å²) in [7, 11) is 3.00. The van der Waals surface area contributed by atoms with Crippen molar-refractivity contribution in [2.75, 3.05) is 20.8 Å². The first-order chi connectivity index (χ1) is 10.6. The van der Waals surface area contributed by atoms with E-state index in [2.05, 4.69) is 5.32 Å². The smallest absolute Gasteiger partial charge is 0.338 e. The van der Waals surface area contributed by atoms with E-state index in [1.807, 2.05) is 0 Å². The second-order valence-corrected chi connectivity index (χ2v) is 5.23. The van der Waals surface area contributed by atoms with Crippen molar-refractivity contribution in [3.63, 3.8) is 0 Å². The van der Waals surface area contributed by atoms with Gasteiger partial charge in [-0.15, -0.1) is 0 Å². The molecule has 120 valence electrons. The number of hydrogen-bond acceptors (Lipinski definition) is 5. The number of carbonyl (C=O) groups is 2. The predicted molar refractivity (Wildman–Crippen MR) is 80.2 cm³/mol. The van der Waals surface area contributed by atoms with E-state index in [1.165, 1.54) is 14.2 Å². The number of nitrogens with one attached hydrogen (secondary N) is 1. The minimum absolute atomic E-state index is 0.211. The summed E-state index contributed by atoms with van der Waals surface area (Å²) in [4.78, 5) is 23.8. The lowest BCUT2D eigenvalue weighted by Gasteiger charge is -2.12. The monoisotopic (exact) mass is 307 g/mol. The number of carbonyl (C=O) groups excluding carboxylic acids is 2. The Kier molecular flexibility index (Phi) is 5.63. The standard InChI is InChI=1S/C16H21NO5/c1-20-13-7-11(8-14(9-13)21-2)16(19)22-10-15(18)17-12-5-3-4-6-12/h7-9,12H,3-6,10H2,1-2H3,(H,17,18). The maximum Gasteiger partial charge on any atom is 0.338 e. The number of esters is 1. The Morgan fingerprint density at radius 1 is 1.09 bits per heavy atom. The highest BCUT2D eigenvalue weighted by Gasteiger charge is 2.18. The van der Waals surface area contributed by atoms with Crippen LogP contribution in [0, 0.1) is 0 Å². The number of hydrogen-bond donors (Lipinski definition) is 1. The van der Waals surface area contributed by atoms with Crippen molar-refractivity contribution in [3.05, 3.63) is 23.8 Å². The zero-order valence-corrected chi connectivity index (χ0v) is 12.9. The van der Waals surface area contributed by atoms with Gasteiger partial charge in [0, 0.05) is 12.1 Å². The van der Waals surface area contributed by atoms with Crippen molar-refractivity contribution in [1.82, 2.24) is 5.32 Å². The highest BCUT2D eigenvalue weighted by molar-refractivity contribution is 5.92. The third-order valence-corrected chi connectivity index (χ3v) is 3.64. The Morgan fingerprint density at radius 2 is 1.68 bits per heavy atom. The van der Waals surface area contributed by atoms with E-state index in [4.69, 9.17) is 14.2 Å². The molecule has 6 heteroatoms. The molecule has 1 aliphatic carbocycles. The first-order valence-electron chi connectivity index (χ1n) is 7.32. The Morgan fingerprint density at radius 3 is 2.23 bits per heavy atom. The Labute approximate surface area is 129 Å². The van der Waals surface area contributed by atoms with Gasteiger partial charge in [-0.2, -0.15) is 0 Å². The second-order valence-electron chi connectivity index (χ2n) is 5.23. The lowest BCUT2D eigenvalue weighted by atomic mass is 10.2. The quantitative estimate of drug-likeness (QED) is 0.813. The molecule has 1 aliphatic rings. The first-order valence-corrected chi connectivity index (χ1v) is 7.32. The van der Waals surface area contributed by atoms with Crippen LogP contribution >= 0.6 is 0 Å². The van der Waals surface area contributed by atoms with Gasteiger partial charge in [0.25, 0.3) is 5.91 Å². The van der Waals surface area contributed by atoms with Crippen LogP contribution in [0.2, 0.25) is 0 Å². The van der Waals surface area contributed by atoms with Crippen molar-refractivity contribution in [2.45, 2.75) is 31.7 Å². The molecular weight excluding hydrogens is 286 g/mol. The molecule has 1 aromatic carbocycles. The Balaban J connectivity index is 1.89. The zero-order chi connectivity index (χ0) is 15.9. The van der Waals surface area contributed by atoms with Gasteiger partial charge in [0.15, 0.2) is 6.61 Å². The van der Waals surface area contributed by atoms with Gasteiger partial charge in [0.05, 0.1) is 19.8 Å². The SMILES string of the molecule is COc1cc(OC)cc(C(=O)OCC(=O)NC2CCCC2)c1. The van der Waals surface area contributed by atoms with Crippen molar-refractivity contribution in [3.8, 4) is 11.5 Å². The summed E-state index contributed by atoms with van der Waals surface area (Å²) < 4.78 is 15.2. The van der Waals surface area contributed by atoms with Gasteiger partial charge in [-0.05, 0) is 25.0 Å². The molecule has 1 amide bonds. The molecular formula is C16H21NO5. The van der Waals surface area contributed by atoms with Crippen LogP contribution in [0.4, 0.5) is 0 Å². The van der Waals surface area contributed by atoms with E-state index < -0.39 is 5.97 Å². The number of ether oxygens (including phenoxy) is 3. The van der Waals surface area contributed by atoms with Crippen LogP contribution in [0.3, 0.4) is 0 Å². The van der Waals surface area contributed by atoms with Gasteiger partial charge in [-0.1, -0.05) is 12.8 Å². The fraction of sp³-hybridized carbons (Fsp3) is 0.500. The third kappa shape index (κ3) is 4.38. The molecule has 0 spiro atoms. The summed E-state index contributed by atoms with van der Waals surface area (Å²) in [6.45, 7) is -0.283. The summed E-state index contributed by atoms with van der Waals surface area (Å²) in [5.74, 6) is 0.122. The summed E-state index contributed by atoms with van der Waals surface area (Å²) in [6.07, 6.45) is 4.25. The molecule has 0 heterocycles. The van der Waals surface area contributed by atoms with E-state index in [1.54, 1.807) is 18.2 Å². The molecule has 0 aromatic heterocycles. The summed E-state index contributed by atoms with van der Waals surface area (Å²) in [5.41, 5.74) is 0.282. The second kappa shape index (κ2) is 7.68. The van der Waals surface area contributed by atoms with Gasteiger partial charge in [-0.25, -0.2) is 4.79 Å². The van der Waals surface area contributed by atoms with Crippen LogP contribution < -0.4 is 14.8 Å². The largest absolute Gasteiger partial charge is 0.497 e. The third-order valence-electron chi connectivity index (χ3n) is 3.64. The van der Waals surface area contributed by atoms with E-state index in [-0.39, 0.29) is 24.1 Å². The molecule has 0 aliphatic heterocycles. The lowest BCUT2D eigenvalue weighted by Crippen LogP contribution is -2.35. The molecule has 1 saturated carbocycles. The minimum atomic E-state index is -0.584.